The fraction of sp³-hybridized carbons (Fsp3) is 0.500. The largest absolute Gasteiger partial charge is 0.310 e. The number of para-hydroxylation sites is 1. The summed E-state index contributed by atoms with van der Waals surface area (Å²) >= 11 is 0. The first-order valence-corrected chi connectivity index (χ1v) is 8.15. The third kappa shape index (κ3) is 3.60. The molecule has 0 aliphatic carbocycles. The Kier molecular flexibility index (Phi) is 4.84. The van der Waals surface area contributed by atoms with Crippen molar-refractivity contribution in [1.29, 1.82) is 0 Å². The molecule has 2 aromatic rings. The molecular weight excluding hydrogens is 258 g/mol. The van der Waals surface area contributed by atoms with Crippen molar-refractivity contribution < 1.29 is 0 Å². The van der Waals surface area contributed by atoms with Crippen molar-refractivity contribution in [3.05, 3.63) is 42.1 Å². The fourth-order valence-corrected chi connectivity index (χ4v) is 3.24. The molecule has 0 spiro atoms. The molecule has 3 rings (SSSR count). The van der Waals surface area contributed by atoms with Gasteiger partial charge in [0.1, 0.15) is 0 Å². The third-order valence-corrected chi connectivity index (χ3v) is 4.45. The van der Waals surface area contributed by atoms with Gasteiger partial charge in [0.2, 0.25) is 0 Å². The molecule has 1 fully saturated rings. The second-order valence-corrected chi connectivity index (χ2v) is 5.98. The maximum Gasteiger partial charge on any atom is 0.0705 e. The van der Waals surface area contributed by atoms with E-state index in [4.69, 9.17) is 0 Å². The van der Waals surface area contributed by atoms with Crippen molar-refractivity contribution in [3.63, 3.8) is 0 Å². The maximum atomic E-state index is 4.43. The molecule has 0 saturated carbocycles. The Morgan fingerprint density at radius 2 is 2.00 bits per heavy atom. The Bertz CT molecular complexity index is 568. The van der Waals surface area contributed by atoms with E-state index in [1.807, 2.05) is 6.20 Å². The van der Waals surface area contributed by atoms with Crippen molar-refractivity contribution in [2.75, 3.05) is 19.6 Å². The summed E-state index contributed by atoms with van der Waals surface area (Å²) in [6, 6.07) is 11.2. The summed E-state index contributed by atoms with van der Waals surface area (Å²) < 4.78 is 0. The van der Waals surface area contributed by atoms with Gasteiger partial charge in [-0.1, -0.05) is 25.1 Å². The number of benzene rings is 1. The first kappa shape index (κ1) is 14.5. The van der Waals surface area contributed by atoms with Crippen molar-refractivity contribution in [1.82, 2.24) is 15.2 Å². The molecule has 1 aliphatic rings. The molecule has 0 atom stereocenters. The number of piperidine rings is 1. The van der Waals surface area contributed by atoms with E-state index < -0.39 is 0 Å². The maximum absolute atomic E-state index is 4.43. The van der Waals surface area contributed by atoms with Crippen molar-refractivity contribution in [2.45, 2.75) is 38.8 Å². The van der Waals surface area contributed by atoms with Crippen LogP contribution in [0.4, 0.5) is 0 Å². The van der Waals surface area contributed by atoms with E-state index in [0.29, 0.717) is 6.04 Å². The van der Waals surface area contributed by atoms with Crippen LogP contribution in [-0.4, -0.2) is 35.6 Å². The van der Waals surface area contributed by atoms with Gasteiger partial charge < -0.3 is 10.2 Å². The number of nitrogens with one attached hydrogen (secondary N) is 1. The Morgan fingerprint density at radius 3 is 2.81 bits per heavy atom. The zero-order valence-corrected chi connectivity index (χ0v) is 12.9. The van der Waals surface area contributed by atoms with Crippen molar-refractivity contribution in [3.8, 4) is 0 Å². The second kappa shape index (κ2) is 7.01. The van der Waals surface area contributed by atoms with Crippen LogP contribution in [0.2, 0.25) is 0 Å². The van der Waals surface area contributed by atoms with Crippen LogP contribution in [0.25, 0.3) is 10.9 Å². The molecule has 0 radical (unpaired) electrons. The molecule has 2 heterocycles. The number of hydrogen-bond donors (Lipinski definition) is 1. The van der Waals surface area contributed by atoms with Crippen LogP contribution in [0.3, 0.4) is 0 Å². The normalized spacial score (nSPS) is 17.4. The van der Waals surface area contributed by atoms with Gasteiger partial charge in [-0.2, -0.15) is 0 Å². The Balaban J connectivity index is 1.58. The quantitative estimate of drug-likeness (QED) is 0.913. The highest BCUT2D eigenvalue weighted by Gasteiger charge is 2.18. The highest BCUT2D eigenvalue weighted by molar-refractivity contribution is 5.81. The lowest BCUT2D eigenvalue weighted by Crippen LogP contribution is -2.42. The number of rotatable bonds is 5. The molecule has 112 valence electrons. The molecule has 0 bridgehead atoms. The van der Waals surface area contributed by atoms with E-state index >= 15 is 0 Å². The molecule has 21 heavy (non-hydrogen) atoms. The van der Waals surface area contributed by atoms with Crippen LogP contribution < -0.4 is 5.32 Å². The minimum atomic E-state index is 0.657. The fourth-order valence-electron chi connectivity index (χ4n) is 3.24. The standard InChI is InChI=1S/C18H25N3/c1-2-11-21-12-8-16(9-13-21)20-14-15-7-10-19-18-6-4-3-5-17(15)18/h3-7,10,16,20H,2,8-9,11-14H2,1H3. The van der Waals surface area contributed by atoms with Crippen LogP contribution in [0.15, 0.2) is 36.5 Å². The molecule has 3 nitrogen and oxygen atoms in total. The molecule has 1 N–H and O–H groups in total. The molecule has 1 aromatic heterocycles. The minimum Gasteiger partial charge on any atom is -0.310 e. The molecule has 1 aromatic carbocycles. The number of nitrogens with zero attached hydrogens (tertiary/aromatic N) is 2. The van der Waals surface area contributed by atoms with E-state index in [-0.39, 0.29) is 0 Å². The molecule has 3 heteroatoms. The van der Waals surface area contributed by atoms with Gasteiger partial charge in [0.05, 0.1) is 5.52 Å². The lowest BCUT2D eigenvalue weighted by atomic mass is 10.0. The number of fused-ring (bicyclic) bond motifs is 1. The van der Waals surface area contributed by atoms with E-state index in [2.05, 4.69) is 52.5 Å². The average molecular weight is 283 g/mol. The monoisotopic (exact) mass is 283 g/mol. The summed E-state index contributed by atoms with van der Waals surface area (Å²) in [6.45, 7) is 6.94. The van der Waals surface area contributed by atoms with Gasteiger partial charge >= 0.3 is 0 Å². The molecule has 0 amide bonds. The van der Waals surface area contributed by atoms with Crippen molar-refractivity contribution >= 4 is 10.9 Å². The van der Waals surface area contributed by atoms with Gasteiger partial charge in [0, 0.05) is 24.2 Å². The highest BCUT2D eigenvalue weighted by atomic mass is 15.1. The summed E-state index contributed by atoms with van der Waals surface area (Å²) in [5.74, 6) is 0. The van der Waals surface area contributed by atoms with Gasteiger partial charge in [-0.15, -0.1) is 0 Å². The van der Waals surface area contributed by atoms with Crippen molar-refractivity contribution in [2.24, 2.45) is 0 Å². The number of likely N-dealkylation sites (tertiary alicyclic amines) is 1. The van der Waals surface area contributed by atoms with Crippen LogP contribution in [-0.2, 0) is 6.54 Å². The topological polar surface area (TPSA) is 28.2 Å². The minimum absolute atomic E-state index is 0.657. The number of aromatic nitrogens is 1. The Labute approximate surface area is 127 Å². The zero-order chi connectivity index (χ0) is 14.5. The van der Waals surface area contributed by atoms with Gasteiger partial charge in [-0.25, -0.2) is 0 Å². The second-order valence-electron chi connectivity index (χ2n) is 5.98. The summed E-state index contributed by atoms with van der Waals surface area (Å²) in [5.41, 5.74) is 2.45. The van der Waals surface area contributed by atoms with Gasteiger partial charge in [-0.05, 0) is 56.6 Å². The molecule has 0 unspecified atom stereocenters. The Morgan fingerprint density at radius 1 is 1.19 bits per heavy atom. The third-order valence-electron chi connectivity index (χ3n) is 4.45. The van der Waals surface area contributed by atoms with Crippen LogP contribution in [0.1, 0.15) is 31.7 Å². The number of hydrogen-bond acceptors (Lipinski definition) is 3. The first-order chi connectivity index (χ1) is 10.4. The predicted molar refractivity (Wildman–Crippen MR) is 88.3 cm³/mol. The SMILES string of the molecule is CCCN1CCC(NCc2ccnc3ccccc23)CC1. The van der Waals surface area contributed by atoms with Gasteiger partial charge in [-0.3, -0.25) is 4.98 Å². The smallest absolute Gasteiger partial charge is 0.0705 e. The number of pyridine rings is 1. The molecular formula is C18H25N3. The van der Waals surface area contributed by atoms with Gasteiger partial charge in [0.25, 0.3) is 0 Å². The molecule has 1 aliphatic heterocycles. The summed E-state index contributed by atoms with van der Waals surface area (Å²) in [7, 11) is 0. The van der Waals surface area contributed by atoms with E-state index in [0.717, 1.165) is 12.1 Å². The summed E-state index contributed by atoms with van der Waals surface area (Å²) in [6.07, 6.45) is 5.72. The lowest BCUT2D eigenvalue weighted by Gasteiger charge is -2.32. The van der Waals surface area contributed by atoms with Gasteiger partial charge in [0.15, 0.2) is 0 Å². The van der Waals surface area contributed by atoms with Crippen LogP contribution >= 0.6 is 0 Å². The highest BCUT2D eigenvalue weighted by Crippen LogP contribution is 2.17. The summed E-state index contributed by atoms with van der Waals surface area (Å²) in [5, 5.41) is 5.01. The van der Waals surface area contributed by atoms with E-state index in [1.165, 1.54) is 49.8 Å². The zero-order valence-electron chi connectivity index (χ0n) is 12.9. The lowest BCUT2D eigenvalue weighted by molar-refractivity contribution is 0.197. The molecule has 1 saturated heterocycles. The predicted octanol–water partition coefficient (Wildman–Crippen LogP) is 3.20. The Hall–Kier alpha value is -1.45. The average Bonchev–Trinajstić information content (AvgIpc) is 2.54. The van der Waals surface area contributed by atoms with Crippen LogP contribution in [0, 0.1) is 0 Å². The first-order valence-electron chi connectivity index (χ1n) is 8.15. The summed E-state index contributed by atoms with van der Waals surface area (Å²) in [4.78, 5) is 7.02. The van der Waals surface area contributed by atoms with Crippen LogP contribution in [0.5, 0.6) is 0 Å². The van der Waals surface area contributed by atoms with E-state index in [9.17, 15) is 0 Å². The van der Waals surface area contributed by atoms with E-state index in [1.54, 1.807) is 0 Å².